The van der Waals surface area contributed by atoms with Gasteiger partial charge in [0.2, 0.25) is 5.91 Å². The van der Waals surface area contributed by atoms with Crippen molar-refractivity contribution in [3.8, 4) is 0 Å². The molecule has 7 heteroatoms. The lowest BCUT2D eigenvalue weighted by Gasteiger charge is -2.29. The van der Waals surface area contributed by atoms with E-state index in [9.17, 15) is 13.2 Å². The molecule has 0 aromatic carbocycles. The molecular formula is C13H25N3O3S. The van der Waals surface area contributed by atoms with Crippen LogP contribution in [0.15, 0.2) is 0 Å². The highest BCUT2D eigenvalue weighted by Gasteiger charge is 2.26. The lowest BCUT2D eigenvalue weighted by Crippen LogP contribution is -2.45. The van der Waals surface area contributed by atoms with Crippen LogP contribution in [0.5, 0.6) is 0 Å². The van der Waals surface area contributed by atoms with Gasteiger partial charge in [-0.25, -0.2) is 4.72 Å². The molecule has 0 bridgehead atoms. The summed E-state index contributed by atoms with van der Waals surface area (Å²) in [5, 5.41) is 0. The van der Waals surface area contributed by atoms with Gasteiger partial charge in [0, 0.05) is 39.1 Å². The standard InChI is InChI=1S/C13H25N3O3S/c1-12-5-10-16(11-6-12)20(18,19)14-7-3-9-15-8-2-4-13(15)17/h12,14H,2-11H2,1H3. The monoisotopic (exact) mass is 303 g/mol. The Bertz CT molecular complexity index is 430. The van der Waals surface area contributed by atoms with Crippen molar-refractivity contribution in [3.63, 3.8) is 0 Å². The molecule has 0 radical (unpaired) electrons. The maximum absolute atomic E-state index is 12.1. The number of hydrogen-bond donors (Lipinski definition) is 1. The SMILES string of the molecule is CC1CCN(S(=O)(=O)NCCCN2CCCC2=O)CC1. The zero-order valence-electron chi connectivity index (χ0n) is 12.2. The second kappa shape index (κ2) is 6.87. The van der Waals surface area contributed by atoms with Crippen molar-refractivity contribution in [1.82, 2.24) is 13.9 Å². The first kappa shape index (κ1) is 15.7. The lowest BCUT2D eigenvalue weighted by molar-refractivity contribution is -0.127. The Morgan fingerprint density at radius 2 is 1.95 bits per heavy atom. The van der Waals surface area contributed by atoms with Crippen LogP contribution in [0.4, 0.5) is 0 Å². The molecule has 0 aromatic heterocycles. The molecule has 0 spiro atoms. The fraction of sp³-hybridized carbons (Fsp3) is 0.923. The normalized spacial score (nSPS) is 22.6. The zero-order chi connectivity index (χ0) is 14.6. The minimum absolute atomic E-state index is 0.192. The van der Waals surface area contributed by atoms with Gasteiger partial charge in [-0.3, -0.25) is 4.79 Å². The predicted molar refractivity (Wildman–Crippen MR) is 77.3 cm³/mol. The fourth-order valence-electron chi connectivity index (χ4n) is 2.73. The molecule has 0 saturated carbocycles. The summed E-state index contributed by atoms with van der Waals surface area (Å²) in [5.74, 6) is 0.806. The molecule has 2 rings (SSSR count). The number of carbonyl (C=O) groups is 1. The van der Waals surface area contributed by atoms with E-state index in [0.29, 0.717) is 44.9 Å². The number of rotatable bonds is 6. The summed E-state index contributed by atoms with van der Waals surface area (Å²) < 4.78 is 28.4. The molecule has 116 valence electrons. The van der Waals surface area contributed by atoms with E-state index in [4.69, 9.17) is 0 Å². The molecule has 20 heavy (non-hydrogen) atoms. The van der Waals surface area contributed by atoms with Crippen LogP contribution in [0, 0.1) is 5.92 Å². The van der Waals surface area contributed by atoms with E-state index in [1.807, 2.05) is 4.90 Å². The fourth-order valence-corrected chi connectivity index (χ4v) is 4.00. The molecule has 6 nitrogen and oxygen atoms in total. The second-order valence-electron chi connectivity index (χ2n) is 5.82. The third-order valence-corrected chi connectivity index (χ3v) is 5.76. The van der Waals surface area contributed by atoms with Crippen molar-refractivity contribution in [3.05, 3.63) is 0 Å². The van der Waals surface area contributed by atoms with Crippen LogP contribution < -0.4 is 4.72 Å². The van der Waals surface area contributed by atoms with Crippen LogP contribution in [0.3, 0.4) is 0 Å². The van der Waals surface area contributed by atoms with Crippen LogP contribution >= 0.6 is 0 Å². The summed E-state index contributed by atoms with van der Waals surface area (Å²) in [5.41, 5.74) is 0. The number of hydrogen-bond acceptors (Lipinski definition) is 3. The van der Waals surface area contributed by atoms with Gasteiger partial charge in [-0.2, -0.15) is 12.7 Å². The first-order valence-corrected chi connectivity index (χ1v) is 8.95. The Hall–Kier alpha value is -0.660. The summed E-state index contributed by atoms with van der Waals surface area (Å²) >= 11 is 0. The Labute approximate surface area is 121 Å². The van der Waals surface area contributed by atoms with Crippen LogP contribution in [0.2, 0.25) is 0 Å². The van der Waals surface area contributed by atoms with Crippen molar-refractivity contribution in [2.24, 2.45) is 5.92 Å². The van der Waals surface area contributed by atoms with Gasteiger partial charge < -0.3 is 4.90 Å². The van der Waals surface area contributed by atoms with Crippen molar-refractivity contribution in [2.75, 3.05) is 32.7 Å². The van der Waals surface area contributed by atoms with Gasteiger partial charge in [0.15, 0.2) is 0 Å². The summed E-state index contributed by atoms with van der Waals surface area (Å²) in [6.45, 7) is 5.25. The molecule has 2 heterocycles. The highest BCUT2D eigenvalue weighted by atomic mass is 32.2. The number of piperidine rings is 1. The van der Waals surface area contributed by atoms with Crippen molar-refractivity contribution in [2.45, 2.75) is 39.0 Å². The van der Waals surface area contributed by atoms with E-state index >= 15 is 0 Å². The van der Waals surface area contributed by atoms with E-state index in [-0.39, 0.29) is 5.91 Å². The molecule has 1 N–H and O–H groups in total. The largest absolute Gasteiger partial charge is 0.343 e. The quantitative estimate of drug-likeness (QED) is 0.729. The molecule has 0 aliphatic carbocycles. The van der Waals surface area contributed by atoms with Gasteiger partial charge in [-0.05, 0) is 31.6 Å². The van der Waals surface area contributed by atoms with E-state index in [0.717, 1.165) is 25.8 Å². The highest BCUT2D eigenvalue weighted by Crippen LogP contribution is 2.17. The summed E-state index contributed by atoms with van der Waals surface area (Å²) in [6.07, 6.45) is 4.11. The molecule has 0 unspecified atom stereocenters. The van der Waals surface area contributed by atoms with E-state index in [1.165, 1.54) is 4.31 Å². The van der Waals surface area contributed by atoms with E-state index in [1.54, 1.807) is 0 Å². The number of nitrogens with one attached hydrogen (secondary N) is 1. The Morgan fingerprint density at radius 3 is 2.55 bits per heavy atom. The van der Waals surface area contributed by atoms with Crippen molar-refractivity contribution in [1.29, 1.82) is 0 Å². The number of likely N-dealkylation sites (tertiary alicyclic amines) is 1. The predicted octanol–water partition coefficient (Wildman–Crippen LogP) is 0.565. The van der Waals surface area contributed by atoms with E-state index in [2.05, 4.69) is 11.6 Å². The average molecular weight is 303 g/mol. The molecular weight excluding hydrogens is 278 g/mol. The van der Waals surface area contributed by atoms with Crippen LogP contribution in [-0.2, 0) is 15.0 Å². The molecule has 2 saturated heterocycles. The van der Waals surface area contributed by atoms with Crippen LogP contribution in [0.1, 0.15) is 39.0 Å². The lowest BCUT2D eigenvalue weighted by atomic mass is 10.0. The Kier molecular flexibility index (Phi) is 5.40. The first-order chi connectivity index (χ1) is 9.49. The third kappa shape index (κ3) is 4.17. The zero-order valence-corrected chi connectivity index (χ0v) is 13.0. The Balaban J connectivity index is 1.68. The maximum Gasteiger partial charge on any atom is 0.279 e. The molecule has 0 aromatic rings. The summed E-state index contributed by atoms with van der Waals surface area (Å²) in [6, 6.07) is 0. The van der Waals surface area contributed by atoms with Crippen molar-refractivity contribution >= 4 is 16.1 Å². The van der Waals surface area contributed by atoms with Gasteiger partial charge in [-0.15, -0.1) is 0 Å². The molecule has 2 fully saturated rings. The minimum Gasteiger partial charge on any atom is -0.343 e. The number of carbonyl (C=O) groups excluding carboxylic acids is 1. The van der Waals surface area contributed by atoms with Gasteiger partial charge in [0.05, 0.1) is 0 Å². The second-order valence-corrected chi connectivity index (χ2v) is 7.57. The van der Waals surface area contributed by atoms with Crippen LogP contribution in [-0.4, -0.2) is 56.3 Å². The van der Waals surface area contributed by atoms with Gasteiger partial charge >= 0.3 is 0 Å². The number of nitrogens with zero attached hydrogens (tertiary/aromatic N) is 2. The van der Waals surface area contributed by atoms with E-state index < -0.39 is 10.2 Å². The van der Waals surface area contributed by atoms with Gasteiger partial charge in [-0.1, -0.05) is 6.92 Å². The van der Waals surface area contributed by atoms with Crippen LogP contribution in [0.25, 0.3) is 0 Å². The van der Waals surface area contributed by atoms with Crippen molar-refractivity contribution < 1.29 is 13.2 Å². The Morgan fingerprint density at radius 1 is 1.25 bits per heavy atom. The first-order valence-electron chi connectivity index (χ1n) is 7.51. The molecule has 0 atom stereocenters. The average Bonchev–Trinajstić information content (AvgIpc) is 2.81. The molecule has 1 amide bonds. The molecule has 2 aliphatic heterocycles. The van der Waals surface area contributed by atoms with Gasteiger partial charge in [0.1, 0.15) is 0 Å². The maximum atomic E-state index is 12.1. The summed E-state index contributed by atoms with van der Waals surface area (Å²) in [7, 11) is -3.34. The number of amides is 1. The smallest absolute Gasteiger partial charge is 0.279 e. The topological polar surface area (TPSA) is 69.7 Å². The minimum atomic E-state index is -3.34. The molecule has 2 aliphatic rings. The third-order valence-electron chi connectivity index (χ3n) is 4.14. The summed E-state index contributed by atoms with van der Waals surface area (Å²) in [4.78, 5) is 13.2. The highest BCUT2D eigenvalue weighted by molar-refractivity contribution is 7.87. The van der Waals surface area contributed by atoms with Gasteiger partial charge in [0.25, 0.3) is 10.2 Å².